The summed E-state index contributed by atoms with van der Waals surface area (Å²) in [5.41, 5.74) is 1.05. The van der Waals surface area contributed by atoms with Crippen LogP contribution in [0.1, 0.15) is 31.9 Å². The predicted octanol–water partition coefficient (Wildman–Crippen LogP) is 2.00. The second-order valence-electron chi connectivity index (χ2n) is 2.79. The second kappa shape index (κ2) is 4.04. The van der Waals surface area contributed by atoms with Gasteiger partial charge >= 0.3 is 0 Å². The molecule has 1 atom stereocenters. The maximum absolute atomic E-state index is 5.00. The lowest BCUT2D eigenvalue weighted by atomic mass is 10.1. The second-order valence-corrected chi connectivity index (χ2v) is 2.79. The van der Waals surface area contributed by atoms with Gasteiger partial charge < -0.3 is 4.74 Å². The van der Waals surface area contributed by atoms with Crippen LogP contribution in [0.3, 0.4) is 0 Å². The Balaban J connectivity index is 2.86. The summed E-state index contributed by atoms with van der Waals surface area (Å²) >= 11 is 0. The van der Waals surface area contributed by atoms with Gasteiger partial charge in [-0.3, -0.25) is 0 Å². The molecule has 1 unspecified atom stereocenters. The summed E-state index contributed by atoms with van der Waals surface area (Å²) in [4.78, 5) is 8.11. The van der Waals surface area contributed by atoms with Crippen molar-refractivity contribution in [3.8, 4) is 5.88 Å². The van der Waals surface area contributed by atoms with Gasteiger partial charge in [0.2, 0.25) is 5.88 Å². The third-order valence-electron chi connectivity index (χ3n) is 1.99. The summed E-state index contributed by atoms with van der Waals surface area (Å²) < 4.78 is 5.00. The Kier molecular flexibility index (Phi) is 3.02. The molecule has 0 aliphatic heterocycles. The molecule has 0 radical (unpaired) electrons. The normalized spacial score (nSPS) is 12.6. The molecule has 3 heteroatoms. The van der Waals surface area contributed by atoms with Gasteiger partial charge in [0, 0.05) is 6.07 Å². The molecule has 1 rings (SSSR count). The highest BCUT2D eigenvalue weighted by atomic mass is 16.5. The van der Waals surface area contributed by atoms with Gasteiger partial charge in [0.1, 0.15) is 6.33 Å². The zero-order valence-corrected chi connectivity index (χ0v) is 7.74. The Bertz CT molecular complexity index is 250. The van der Waals surface area contributed by atoms with Crippen LogP contribution in [0.25, 0.3) is 0 Å². The van der Waals surface area contributed by atoms with Crippen LogP contribution in [0, 0.1) is 0 Å². The SMILES string of the molecule is CCC(C)c1cc(OC)ncn1. The number of aromatic nitrogens is 2. The average Bonchev–Trinajstić information content (AvgIpc) is 2.17. The van der Waals surface area contributed by atoms with Crippen LogP contribution < -0.4 is 4.74 Å². The molecule has 0 bridgehead atoms. The van der Waals surface area contributed by atoms with E-state index in [1.54, 1.807) is 13.4 Å². The molecule has 1 aromatic rings. The quantitative estimate of drug-likeness (QED) is 0.688. The standard InChI is InChI=1S/C9H14N2O/c1-4-7(2)8-5-9(12-3)11-6-10-8/h5-7H,4H2,1-3H3. The number of rotatable bonds is 3. The first-order valence-electron chi connectivity index (χ1n) is 4.13. The molecular weight excluding hydrogens is 152 g/mol. The van der Waals surface area contributed by atoms with Gasteiger partial charge in [0.25, 0.3) is 0 Å². The van der Waals surface area contributed by atoms with E-state index in [9.17, 15) is 0 Å². The fourth-order valence-corrected chi connectivity index (χ4v) is 0.944. The van der Waals surface area contributed by atoms with Crippen molar-refractivity contribution in [1.82, 2.24) is 9.97 Å². The first kappa shape index (κ1) is 8.97. The van der Waals surface area contributed by atoms with Crippen molar-refractivity contribution >= 4 is 0 Å². The molecule has 0 N–H and O–H groups in total. The van der Waals surface area contributed by atoms with Crippen LogP contribution in [0.5, 0.6) is 5.88 Å². The highest BCUT2D eigenvalue weighted by molar-refractivity contribution is 5.16. The predicted molar refractivity (Wildman–Crippen MR) is 47.3 cm³/mol. The molecule has 1 aromatic heterocycles. The minimum atomic E-state index is 0.474. The zero-order valence-electron chi connectivity index (χ0n) is 7.74. The van der Waals surface area contributed by atoms with Crippen molar-refractivity contribution in [2.75, 3.05) is 7.11 Å². The Labute approximate surface area is 72.8 Å². The summed E-state index contributed by atoms with van der Waals surface area (Å²) in [5, 5.41) is 0. The van der Waals surface area contributed by atoms with E-state index < -0.39 is 0 Å². The molecule has 0 aliphatic carbocycles. The summed E-state index contributed by atoms with van der Waals surface area (Å²) in [6.45, 7) is 4.28. The molecule has 0 saturated carbocycles. The maximum atomic E-state index is 5.00. The van der Waals surface area contributed by atoms with Gasteiger partial charge in [-0.05, 0) is 12.3 Å². The van der Waals surface area contributed by atoms with E-state index in [2.05, 4.69) is 23.8 Å². The van der Waals surface area contributed by atoms with Gasteiger partial charge in [-0.15, -0.1) is 0 Å². The largest absolute Gasteiger partial charge is 0.481 e. The van der Waals surface area contributed by atoms with E-state index in [4.69, 9.17) is 4.74 Å². The summed E-state index contributed by atoms with van der Waals surface area (Å²) in [6, 6.07) is 1.88. The van der Waals surface area contributed by atoms with Gasteiger partial charge in [-0.2, -0.15) is 0 Å². The van der Waals surface area contributed by atoms with Gasteiger partial charge in [0.05, 0.1) is 12.8 Å². The third kappa shape index (κ3) is 1.94. The summed E-state index contributed by atoms with van der Waals surface area (Å²) in [7, 11) is 1.61. The topological polar surface area (TPSA) is 35.0 Å². The molecule has 1 heterocycles. The molecule has 0 saturated heterocycles. The van der Waals surface area contributed by atoms with Crippen LogP contribution in [0.15, 0.2) is 12.4 Å². The summed E-state index contributed by atoms with van der Waals surface area (Å²) in [6.07, 6.45) is 2.63. The third-order valence-corrected chi connectivity index (χ3v) is 1.99. The van der Waals surface area contributed by atoms with E-state index in [-0.39, 0.29) is 0 Å². The Morgan fingerprint density at radius 2 is 2.25 bits per heavy atom. The van der Waals surface area contributed by atoms with Crippen molar-refractivity contribution in [3.63, 3.8) is 0 Å². The van der Waals surface area contributed by atoms with Crippen LogP contribution in [0.4, 0.5) is 0 Å². The van der Waals surface area contributed by atoms with Crippen LogP contribution in [0.2, 0.25) is 0 Å². The van der Waals surface area contributed by atoms with Crippen molar-refractivity contribution in [1.29, 1.82) is 0 Å². The van der Waals surface area contributed by atoms with Crippen molar-refractivity contribution < 1.29 is 4.74 Å². The first-order valence-corrected chi connectivity index (χ1v) is 4.13. The van der Waals surface area contributed by atoms with Crippen LogP contribution in [-0.4, -0.2) is 17.1 Å². The zero-order chi connectivity index (χ0) is 8.97. The number of hydrogen-bond acceptors (Lipinski definition) is 3. The molecule has 12 heavy (non-hydrogen) atoms. The molecule has 0 aliphatic rings. The van der Waals surface area contributed by atoms with E-state index in [1.807, 2.05) is 6.07 Å². The van der Waals surface area contributed by atoms with E-state index in [0.717, 1.165) is 12.1 Å². The number of ether oxygens (including phenoxy) is 1. The average molecular weight is 166 g/mol. The molecule has 3 nitrogen and oxygen atoms in total. The highest BCUT2D eigenvalue weighted by Gasteiger charge is 2.05. The minimum Gasteiger partial charge on any atom is -0.481 e. The van der Waals surface area contributed by atoms with Gasteiger partial charge in [0.15, 0.2) is 0 Å². The first-order chi connectivity index (χ1) is 5.77. The fraction of sp³-hybridized carbons (Fsp3) is 0.556. The minimum absolute atomic E-state index is 0.474. The van der Waals surface area contributed by atoms with Crippen molar-refractivity contribution in [2.45, 2.75) is 26.2 Å². The summed E-state index contributed by atoms with van der Waals surface area (Å²) in [5.74, 6) is 1.11. The monoisotopic (exact) mass is 166 g/mol. The van der Waals surface area contributed by atoms with Crippen molar-refractivity contribution in [3.05, 3.63) is 18.1 Å². The Morgan fingerprint density at radius 3 is 2.83 bits per heavy atom. The van der Waals surface area contributed by atoms with Crippen LogP contribution >= 0.6 is 0 Å². The van der Waals surface area contributed by atoms with Crippen molar-refractivity contribution in [2.24, 2.45) is 0 Å². The van der Waals surface area contributed by atoms with Gasteiger partial charge in [-0.25, -0.2) is 9.97 Å². The molecule has 0 fully saturated rings. The van der Waals surface area contributed by atoms with E-state index >= 15 is 0 Å². The number of nitrogens with zero attached hydrogens (tertiary/aromatic N) is 2. The van der Waals surface area contributed by atoms with E-state index in [1.165, 1.54) is 0 Å². The molecular formula is C9H14N2O. The van der Waals surface area contributed by atoms with Gasteiger partial charge in [-0.1, -0.05) is 13.8 Å². The molecule has 0 spiro atoms. The molecule has 0 amide bonds. The Hall–Kier alpha value is -1.12. The molecule has 66 valence electrons. The highest BCUT2D eigenvalue weighted by Crippen LogP contribution is 2.18. The van der Waals surface area contributed by atoms with E-state index in [0.29, 0.717) is 11.8 Å². The molecule has 0 aromatic carbocycles. The lowest BCUT2D eigenvalue weighted by Crippen LogP contribution is -1.97. The fourth-order valence-electron chi connectivity index (χ4n) is 0.944. The number of methoxy groups -OCH3 is 1. The smallest absolute Gasteiger partial charge is 0.216 e. The van der Waals surface area contributed by atoms with Crippen LogP contribution in [-0.2, 0) is 0 Å². The lowest BCUT2D eigenvalue weighted by molar-refractivity contribution is 0.395. The number of hydrogen-bond donors (Lipinski definition) is 0. The maximum Gasteiger partial charge on any atom is 0.216 e. The lowest BCUT2D eigenvalue weighted by Gasteiger charge is -2.07. The Morgan fingerprint density at radius 1 is 1.50 bits per heavy atom.